The van der Waals surface area contributed by atoms with Gasteiger partial charge < -0.3 is 9.84 Å². The van der Waals surface area contributed by atoms with Crippen molar-refractivity contribution in [2.45, 2.75) is 85.7 Å². The van der Waals surface area contributed by atoms with E-state index in [2.05, 4.69) is 65.0 Å². The van der Waals surface area contributed by atoms with Gasteiger partial charge in [0.25, 0.3) is 0 Å². The molecule has 1 heterocycles. The van der Waals surface area contributed by atoms with Crippen molar-refractivity contribution in [1.29, 1.82) is 0 Å². The summed E-state index contributed by atoms with van der Waals surface area (Å²) in [5, 5.41) is 9.77. The number of aromatic hydroxyl groups is 1. The van der Waals surface area contributed by atoms with Crippen molar-refractivity contribution in [3.05, 3.63) is 64.3 Å². The molecule has 1 aromatic carbocycles. The molecule has 0 amide bonds. The summed E-state index contributed by atoms with van der Waals surface area (Å²) in [6.45, 7) is 12.9. The third-order valence-corrected chi connectivity index (χ3v) is 5.50. The number of rotatable bonds is 9. The van der Waals surface area contributed by atoms with Crippen LogP contribution in [0.4, 0.5) is 0 Å². The zero-order valence-corrected chi connectivity index (χ0v) is 19.1. The lowest BCUT2D eigenvalue weighted by molar-refractivity contribution is 0.127. The Kier molecular flexibility index (Phi) is 8.37. The highest BCUT2D eigenvalue weighted by atomic mass is 16.5. The van der Waals surface area contributed by atoms with Gasteiger partial charge in [-0.3, -0.25) is 0 Å². The molecule has 0 saturated heterocycles. The smallest absolute Gasteiger partial charge is 0.131 e. The molecule has 158 valence electrons. The highest BCUT2D eigenvalue weighted by Gasteiger charge is 2.27. The van der Waals surface area contributed by atoms with E-state index >= 15 is 0 Å². The molecule has 0 spiro atoms. The SMILES string of the molecule is CC(C)=CCC/C(C)=C/CC/C(C)=C/CC[C@]1(C)C=Cc2cc(O)cc(C)c2O1. The van der Waals surface area contributed by atoms with Gasteiger partial charge in [0, 0.05) is 5.56 Å². The summed E-state index contributed by atoms with van der Waals surface area (Å²) in [5.41, 5.74) is 5.98. The molecule has 1 aromatic rings. The molecule has 0 aliphatic carbocycles. The maximum absolute atomic E-state index is 9.77. The lowest BCUT2D eigenvalue weighted by Crippen LogP contribution is -2.32. The van der Waals surface area contributed by atoms with Crippen molar-refractivity contribution >= 4 is 6.08 Å². The molecule has 2 heteroatoms. The average Bonchev–Trinajstić information content (AvgIpc) is 2.62. The van der Waals surface area contributed by atoms with Gasteiger partial charge in [0.05, 0.1) is 0 Å². The maximum Gasteiger partial charge on any atom is 0.131 e. The van der Waals surface area contributed by atoms with E-state index in [1.165, 1.54) is 16.7 Å². The summed E-state index contributed by atoms with van der Waals surface area (Å²) in [6.07, 6.45) is 17.7. The molecule has 1 aliphatic rings. The average molecular weight is 395 g/mol. The lowest BCUT2D eigenvalue weighted by Gasteiger charge is -2.32. The number of aryl methyl sites for hydroxylation is 1. The van der Waals surface area contributed by atoms with Gasteiger partial charge in [-0.05, 0) is 104 Å². The van der Waals surface area contributed by atoms with Crippen molar-refractivity contribution in [2.75, 3.05) is 0 Å². The van der Waals surface area contributed by atoms with E-state index in [1.807, 2.05) is 6.92 Å². The highest BCUT2D eigenvalue weighted by molar-refractivity contribution is 5.65. The minimum atomic E-state index is -0.299. The van der Waals surface area contributed by atoms with Gasteiger partial charge in [0.15, 0.2) is 0 Å². The summed E-state index contributed by atoms with van der Waals surface area (Å²) in [7, 11) is 0. The number of fused-ring (bicyclic) bond motifs is 1. The molecule has 1 atom stereocenters. The first-order valence-corrected chi connectivity index (χ1v) is 10.8. The second-order valence-electron chi connectivity index (χ2n) is 8.93. The van der Waals surface area contributed by atoms with Crippen LogP contribution in [-0.2, 0) is 0 Å². The Bertz CT molecular complexity index is 819. The minimum absolute atomic E-state index is 0.290. The molecular weight excluding hydrogens is 356 g/mol. The van der Waals surface area contributed by atoms with Crippen molar-refractivity contribution in [2.24, 2.45) is 0 Å². The third kappa shape index (κ3) is 7.61. The largest absolute Gasteiger partial charge is 0.508 e. The van der Waals surface area contributed by atoms with Gasteiger partial charge in [-0.2, -0.15) is 0 Å². The van der Waals surface area contributed by atoms with Crippen LogP contribution in [0.5, 0.6) is 11.5 Å². The fraction of sp³-hybridized carbons (Fsp3) is 0.481. The van der Waals surface area contributed by atoms with Crippen molar-refractivity contribution < 1.29 is 9.84 Å². The predicted octanol–water partition coefficient (Wildman–Crippen LogP) is 8.06. The topological polar surface area (TPSA) is 29.5 Å². The van der Waals surface area contributed by atoms with E-state index in [1.54, 1.807) is 12.1 Å². The minimum Gasteiger partial charge on any atom is -0.508 e. The highest BCUT2D eigenvalue weighted by Crippen LogP contribution is 2.38. The standard InChI is InChI=1S/C27H38O2/c1-20(2)10-7-11-21(3)12-8-13-22(4)14-9-16-27(6)17-15-24-19-25(28)18-23(5)26(24)29-27/h10,12,14-15,17-19,28H,7-9,11,13,16H2,1-6H3/b21-12+,22-14+/t27-/m1/s1. The first-order chi connectivity index (χ1) is 13.7. The Morgan fingerprint density at radius 1 is 0.966 bits per heavy atom. The summed E-state index contributed by atoms with van der Waals surface area (Å²) >= 11 is 0. The van der Waals surface area contributed by atoms with Gasteiger partial charge in [-0.15, -0.1) is 0 Å². The van der Waals surface area contributed by atoms with Gasteiger partial charge in [-0.1, -0.05) is 41.0 Å². The number of phenolic OH excluding ortho intramolecular Hbond substituents is 1. The Balaban J connectivity index is 1.81. The van der Waals surface area contributed by atoms with Crippen LogP contribution in [0.3, 0.4) is 0 Å². The van der Waals surface area contributed by atoms with E-state index < -0.39 is 0 Å². The number of hydrogen-bond acceptors (Lipinski definition) is 2. The van der Waals surface area contributed by atoms with Crippen LogP contribution in [0.25, 0.3) is 6.08 Å². The quantitative estimate of drug-likeness (QED) is 0.429. The van der Waals surface area contributed by atoms with E-state index in [0.717, 1.165) is 55.4 Å². The first kappa shape index (κ1) is 23.1. The Morgan fingerprint density at radius 2 is 1.59 bits per heavy atom. The molecule has 0 saturated carbocycles. The summed E-state index contributed by atoms with van der Waals surface area (Å²) in [5.74, 6) is 1.18. The molecule has 0 unspecified atom stereocenters. The van der Waals surface area contributed by atoms with Crippen molar-refractivity contribution in [3.63, 3.8) is 0 Å². The van der Waals surface area contributed by atoms with Gasteiger partial charge >= 0.3 is 0 Å². The molecule has 1 aliphatic heterocycles. The molecule has 0 fully saturated rings. The second-order valence-corrected chi connectivity index (χ2v) is 8.93. The van der Waals surface area contributed by atoms with Crippen LogP contribution in [0, 0.1) is 6.92 Å². The summed E-state index contributed by atoms with van der Waals surface area (Å²) in [6, 6.07) is 3.52. The normalized spacial score (nSPS) is 19.0. The summed E-state index contributed by atoms with van der Waals surface area (Å²) in [4.78, 5) is 0. The number of hydrogen-bond donors (Lipinski definition) is 1. The van der Waals surface area contributed by atoms with E-state index in [-0.39, 0.29) is 11.4 Å². The Hall–Kier alpha value is -2.22. The second kappa shape index (κ2) is 10.5. The molecule has 0 bridgehead atoms. The van der Waals surface area contributed by atoms with Crippen LogP contribution in [0.2, 0.25) is 0 Å². The van der Waals surface area contributed by atoms with Gasteiger partial charge in [0.1, 0.15) is 17.1 Å². The van der Waals surface area contributed by atoms with E-state index in [4.69, 9.17) is 4.74 Å². The molecule has 2 nitrogen and oxygen atoms in total. The lowest BCUT2D eigenvalue weighted by atomic mass is 9.93. The van der Waals surface area contributed by atoms with Crippen LogP contribution in [0.1, 0.15) is 84.3 Å². The monoisotopic (exact) mass is 394 g/mol. The summed E-state index contributed by atoms with van der Waals surface area (Å²) < 4.78 is 6.31. The van der Waals surface area contributed by atoms with Crippen molar-refractivity contribution in [3.8, 4) is 11.5 Å². The number of ether oxygens (including phenoxy) is 1. The fourth-order valence-corrected chi connectivity index (χ4v) is 3.66. The zero-order chi connectivity index (χ0) is 21.4. The molecule has 0 aromatic heterocycles. The van der Waals surface area contributed by atoms with E-state index in [0.29, 0.717) is 0 Å². The molecule has 2 rings (SSSR count). The maximum atomic E-state index is 9.77. The fourth-order valence-electron chi connectivity index (χ4n) is 3.66. The zero-order valence-electron chi connectivity index (χ0n) is 19.1. The Morgan fingerprint density at radius 3 is 2.24 bits per heavy atom. The molecule has 1 N–H and O–H groups in total. The third-order valence-electron chi connectivity index (χ3n) is 5.50. The predicted molar refractivity (Wildman–Crippen MR) is 126 cm³/mol. The molecular formula is C27H38O2. The van der Waals surface area contributed by atoms with Crippen LogP contribution in [-0.4, -0.2) is 10.7 Å². The van der Waals surface area contributed by atoms with Crippen molar-refractivity contribution in [1.82, 2.24) is 0 Å². The number of benzene rings is 1. The van der Waals surface area contributed by atoms with Gasteiger partial charge in [0.2, 0.25) is 0 Å². The van der Waals surface area contributed by atoms with Crippen LogP contribution in [0.15, 0.2) is 53.2 Å². The molecule has 0 radical (unpaired) electrons. The van der Waals surface area contributed by atoms with Crippen LogP contribution < -0.4 is 4.74 Å². The van der Waals surface area contributed by atoms with E-state index in [9.17, 15) is 5.11 Å². The number of allylic oxidation sites excluding steroid dienone is 6. The first-order valence-electron chi connectivity index (χ1n) is 10.8. The number of phenols is 1. The molecule has 29 heavy (non-hydrogen) atoms. The van der Waals surface area contributed by atoms with Crippen LogP contribution >= 0.6 is 0 Å². The van der Waals surface area contributed by atoms with Gasteiger partial charge in [-0.25, -0.2) is 0 Å². The Labute approximate surface area is 177 Å².